The molecule has 0 radical (unpaired) electrons. The van der Waals surface area contributed by atoms with E-state index in [4.69, 9.17) is 4.74 Å². The minimum atomic E-state index is 0.0864. The summed E-state index contributed by atoms with van der Waals surface area (Å²) < 4.78 is 5.14. The van der Waals surface area contributed by atoms with E-state index in [9.17, 15) is 4.79 Å². The summed E-state index contributed by atoms with van der Waals surface area (Å²) in [6.07, 6.45) is 0. The van der Waals surface area contributed by atoms with Gasteiger partial charge in [0.25, 0.3) is 5.91 Å². The molecule has 0 aliphatic carbocycles. The first-order chi connectivity index (χ1) is 7.33. The number of ether oxygens (including phenoxy) is 1. The van der Waals surface area contributed by atoms with E-state index in [-0.39, 0.29) is 5.91 Å². The maximum atomic E-state index is 12.1. The van der Waals surface area contributed by atoms with Gasteiger partial charge in [0.05, 0.1) is 7.11 Å². The Morgan fingerprint density at radius 2 is 2.27 bits per heavy atom. The summed E-state index contributed by atoms with van der Waals surface area (Å²) in [5.74, 6) is 0.770. The Morgan fingerprint density at radius 3 is 2.93 bits per heavy atom. The molecule has 1 saturated heterocycles. The Hall–Kier alpha value is -1.07. The average molecular weight is 226 g/mol. The molecule has 0 aromatic carbocycles. The molecule has 4 nitrogen and oxygen atoms in total. The predicted molar refractivity (Wildman–Crippen MR) is 59.6 cm³/mol. The van der Waals surface area contributed by atoms with E-state index in [2.05, 4.69) is 5.32 Å². The van der Waals surface area contributed by atoms with Crippen LogP contribution < -0.4 is 10.1 Å². The van der Waals surface area contributed by atoms with Crippen molar-refractivity contribution in [2.24, 2.45) is 0 Å². The zero-order valence-corrected chi connectivity index (χ0v) is 9.47. The zero-order valence-electron chi connectivity index (χ0n) is 8.66. The van der Waals surface area contributed by atoms with E-state index in [1.54, 1.807) is 7.11 Å². The number of carbonyl (C=O) groups excluding carboxylic acids is 1. The first-order valence-corrected chi connectivity index (χ1v) is 5.82. The topological polar surface area (TPSA) is 41.6 Å². The summed E-state index contributed by atoms with van der Waals surface area (Å²) in [5, 5.41) is 5.10. The fourth-order valence-electron chi connectivity index (χ4n) is 1.63. The largest absolute Gasteiger partial charge is 0.495 e. The lowest BCUT2D eigenvalue weighted by Crippen LogP contribution is -2.46. The smallest absolute Gasteiger partial charge is 0.267 e. The van der Waals surface area contributed by atoms with Gasteiger partial charge in [-0.15, -0.1) is 11.3 Å². The molecule has 0 bridgehead atoms. The highest BCUT2D eigenvalue weighted by molar-refractivity contribution is 7.12. The third-order valence-electron chi connectivity index (χ3n) is 2.45. The van der Waals surface area contributed by atoms with Crippen molar-refractivity contribution in [3.63, 3.8) is 0 Å². The highest BCUT2D eigenvalue weighted by atomic mass is 32.1. The van der Waals surface area contributed by atoms with Crippen LogP contribution in [-0.2, 0) is 0 Å². The minimum absolute atomic E-state index is 0.0864. The molecule has 82 valence electrons. The van der Waals surface area contributed by atoms with Gasteiger partial charge >= 0.3 is 0 Å². The molecule has 15 heavy (non-hydrogen) atoms. The van der Waals surface area contributed by atoms with Crippen molar-refractivity contribution < 1.29 is 9.53 Å². The lowest BCUT2D eigenvalue weighted by molar-refractivity contribution is 0.0737. The predicted octanol–water partition coefficient (Wildman–Crippen LogP) is 0.802. The minimum Gasteiger partial charge on any atom is -0.495 e. The van der Waals surface area contributed by atoms with E-state index in [0.29, 0.717) is 10.6 Å². The molecule has 1 aliphatic heterocycles. The summed E-state index contributed by atoms with van der Waals surface area (Å²) >= 11 is 1.44. The van der Waals surface area contributed by atoms with E-state index in [0.717, 1.165) is 26.2 Å². The molecule has 1 aromatic heterocycles. The van der Waals surface area contributed by atoms with Crippen LogP contribution in [0.1, 0.15) is 9.67 Å². The van der Waals surface area contributed by atoms with Gasteiger partial charge in [-0.2, -0.15) is 0 Å². The number of thiophene rings is 1. The molecular weight excluding hydrogens is 212 g/mol. The summed E-state index contributed by atoms with van der Waals surface area (Å²) in [5.41, 5.74) is 0. The van der Waals surface area contributed by atoms with Gasteiger partial charge in [0.1, 0.15) is 10.6 Å². The number of carbonyl (C=O) groups is 1. The van der Waals surface area contributed by atoms with Gasteiger partial charge in [0.2, 0.25) is 0 Å². The molecule has 1 aromatic rings. The molecule has 5 heteroatoms. The lowest BCUT2D eigenvalue weighted by Gasteiger charge is -2.27. The fourth-order valence-corrected chi connectivity index (χ4v) is 2.45. The number of rotatable bonds is 2. The quantitative estimate of drug-likeness (QED) is 0.811. The van der Waals surface area contributed by atoms with Gasteiger partial charge in [-0.3, -0.25) is 4.79 Å². The van der Waals surface area contributed by atoms with E-state index < -0.39 is 0 Å². The van der Waals surface area contributed by atoms with Gasteiger partial charge in [0, 0.05) is 26.2 Å². The first kappa shape index (κ1) is 10.4. The number of nitrogens with zero attached hydrogens (tertiary/aromatic N) is 1. The number of hydrogen-bond acceptors (Lipinski definition) is 4. The molecular formula is C10H14N2O2S. The SMILES string of the molecule is COc1ccsc1C(=O)N1CCNCC1. The van der Waals surface area contributed by atoms with Crippen LogP contribution >= 0.6 is 11.3 Å². The number of piperazine rings is 1. The maximum absolute atomic E-state index is 12.1. The van der Waals surface area contributed by atoms with Gasteiger partial charge in [-0.05, 0) is 11.4 Å². The molecule has 0 spiro atoms. The van der Waals surface area contributed by atoms with Crippen molar-refractivity contribution in [2.45, 2.75) is 0 Å². The molecule has 1 amide bonds. The number of nitrogens with one attached hydrogen (secondary N) is 1. The average Bonchev–Trinajstić information content (AvgIpc) is 2.77. The van der Waals surface area contributed by atoms with Gasteiger partial charge in [-0.25, -0.2) is 0 Å². The van der Waals surface area contributed by atoms with Crippen LogP contribution in [0.3, 0.4) is 0 Å². The molecule has 1 fully saturated rings. The normalized spacial score (nSPS) is 16.5. The standard InChI is InChI=1S/C10H14N2O2S/c1-14-8-2-7-15-9(8)10(13)12-5-3-11-4-6-12/h2,7,11H,3-6H2,1H3. The molecule has 1 N–H and O–H groups in total. The molecule has 0 atom stereocenters. The van der Waals surface area contributed by atoms with Crippen LogP contribution in [0.2, 0.25) is 0 Å². The van der Waals surface area contributed by atoms with Crippen LogP contribution in [0.15, 0.2) is 11.4 Å². The Kier molecular flexibility index (Phi) is 3.23. The highest BCUT2D eigenvalue weighted by Gasteiger charge is 2.21. The molecule has 0 saturated carbocycles. The second-order valence-corrected chi connectivity index (χ2v) is 4.28. The van der Waals surface area contributed by atoms with E-state index >= 15 is 0 Å². The second kappa shape index (κ2) is 4.63. The van der Waals surface area contributed by atoms with Crippen molar-refractivity contribution >= 4 is 17.2 Å². The van der Waals surface area contributed by atoms with Crippen LogP contribution in [0.25, 0.3) is 0 Å². The monoisotopic (exact) mass is 226 g/mol. The number of methoxy groups -OCH3 is 1. The Balaban J connectivity index is 2.12. The third-order valence-corrected chi connectivity index (χ3v) is 3.33. The van der Waals surface area contributed by atoms with Crippen LogP contribution in [-0.4, -0.2) is 44.1 Å². The van der Waals surface area contributed by atoms with Crippen LogP contribution in [0.4, 0.5) is 0 Å². The van der Waals surface area contributed by atoms with Gasteiger partial charge in [-0.1, -0.05) is 0 Å². The summed E-state index contributed by atoms with van der Waals surface area (Å²) in [4.78, 5) is 14.6. The summed E-state index contributed by atoms with van der Waals surface area (Å²) in [6, 6.07) is 1.83. The molecule has 1 aliphatic rings. The highest BCUT2D eigenvalue weighted by Crippen LogP contribution is 2.25. The lowest BCUT2D eigenvalue weighted by atomic mass is 10.3. The Bertz CT molecular complexity index is 345. The van der Waals surface area contributed by atoms with Crippen LogP contribution in [0, 0.1) is 0 Å². The van der Waals surface area contributed by atoms with Crippen molar-refractivity contribution in [3.05, 3.63) is 16.3 Å². The van der Waals surface area contributed by atoms with Crippen molar-refractivity contribution in [1.29, 1.82) is 0 Å². The number of amides is 1. The zero-order chi connectivity index (χ0) is 10.7. The van der Waals surface area contributed by atoms with Crippen molar-refractivity contribution in [3.8, 4) is 5.75 Å². The van der Waals surface area contributed by atoms with Crippen molar-refractivity contribution in [1.82, 2.24) is 10.2 Å². The van der Waals surface area contributed by atoms with Crippen molar-refractivity contribution in [2.75, 3.05) is 33.3 Å². The Labute approximate surface area is 92.8 Å². The van der Waals surface area contributed by atoms with Crippen LogP contribution in [0.5, 0.6) is 5.75 Å². The Morgan fingerprint density at radius 1 is 1.53 bits per heavy atom. The fraction of sp³-hybridized carbons (Fsp3) is 0.500. The van der Waals surface area contributed by atoms with E-state index in [1.807, 2.05) is 16.3 Å². The molecule has 2 heterocycles. The second-order valence-electron chi connectivity index (χ2n) is 3.36. The van der Waals surface area contributed by atoms with E-state index in [1.165, 1.54) is 11.3 Å². The third kappa shape index (κ3) is 2.13. The first-order valence-electron chi connectivity index (χ1n) is 4.94. The maximum Gasteiger partial charge on any atom is 0.267 e. The molecule has 0 unspecified atom stereocenters. The summed E-state index contributed by atoms with van der Waals surface area (Å²) in [6.45, 7) is 3.30. The van der Waals surface area contributed by atoms with Gasteiger partial charge < -0.3 is 15.0 Å². The van der Waals surface area contributed by atoms with Gasteiger partial charge in [0.15, 0.2) is 0 Å². The molecule has 2 rings (SSSR count). The number of hydrogen-bond donors (Lipinski definition) is 1. The summed E-state index contributed by atoms with van der Waals surface area (Å²) in [7, 11) is 1.59.